The summed E-state index contributed by atoms with van der Waals surface area (Å²) >= 11 is 6.02. The van der Waals surface area contributed by atoms with Crippen LogP contribution in [0.4, 0.5) is 0 Å². The van der Waals surface area contributed by atoms with Crippen LogP contribution in [0.15, 0.2) is 48.5 Å². The van der Waals surface area contributed by atoms with E-state index in [1.807, 2.05) is 12.1 Å². The summed E-state index contributed by atoms with van der Waals surface area (Å²) < 4.78 is 0. The van der Waals surface area contributed by atoms with Crippen LogP contribution in [-0.4, -0.2) is 0 Å². The third-order valence-electron chi connectivity index (χ3n) is 8.05. The standard InChI is InChI=1S/C29H39Cl/c1-2-3-22-4-6-23(7-5-22)8-9-24-10-12-25(13-11-24)26-14-16-27(17-15-26)28-18-20-29(30)21-19-28/h14-25H,2-13H2,1H3/t22-,23-,24-,25-. The molecule has 162 valence electrons. The smallest absolute Gasteiger partial charge is 0.0406 e. The maximum atomic E-state index is 6.02. The molecule has 0 aliphatic heterocycles. The minimum absolute atomic E-state index is 0.769. The monoisotopic (exact) mass is 422 g/mol. The Labute approximate surface area is 189 Å². The zero-order valence-corrected chi connectivity index (χ0v) is 19.5. The van der Waals surface area contributed by atoms with Crippen molar-refractivity contribution in [1.29, 1.82) is 0 Å². The van der Waals surface area contributed by atoms with Crippen molar-refractivity contribution in [3.8, 4) is 11.1 Å². The highest BCUT2D eigenvalue weighted by molar-refractivity contribution is 6.30. The van der Waals surface area contributed by atoms with Gasteiger partial charge in [0.15, 0.2) is 0 Å². The molecule has 1 heteroatoms. The molecular weight excluding hydrogens is 384 g/mol. The van der Waals surface area contributed by atoms with Crippen LogP contribution in [0.1, 0.15) is 95.5 Å². The summed E-state index contributed by atoms with van der Waals surface area (Å²) in [6.07, 6.45) is 17.5. The molecule has 2 aromatic carbocycles. The summed E-state index contributed by atoms with van der Waals surface area (Å²) in [7, 11) is 0. The van der Waals surface area contributed by atoms with Crippen LogP contribution in [-0.2, 0) is 0 Å². The average molecular weight is 423 g/mol. The van der Waals surface area contributed by atoms with Crippen LogP contribution < -0.4 is 0 Å². The molecule has 0 aromatic heterocycles. The highest BCUT2D eigenvalue weighted by Crippen LogP contribution is 2.40. The van der Waals surface area contributed by atoms with Gasteiger partial charge in [0, 0.05) is 5.02 Å². The van der Waals surface area contributed by atoms with Gasteiger partial charge in [0.2, 0.25) is 0 Å². The first-order chi connectivity index (χ1) is 14.7. The van der Waals surface area contributed by atoms with Crippen molar-refractivity contribution in [2.45, 2.75) is 89.9 Å². The van der Waals surface area contributed by atoms with Gasteiger partial charge in [-0.1, -0.05) is 106 Å². The van der Waals surface area contributed by atoms with Gasteiger partial charge in [-0.25, -0.2) is 0 Å². The molecule has 0 spiro atoms. The van der Waals surface area contributed by atoms with E-state index in [-0.39, 0.29) is 0 Å². The summed E-state index contributed by atoms with van der Waals surface area (Å²) in [6, 6.07) is 17.5. The highest BCUT2D eigenvalue weighted by Gasteiger charge is 2.25. The summed E-state index contributed by atoms with van der Waals surface area (Å²) in [5, 5.41) is 0.802. The zero-order valence-electron chi connectivity index (χ0n) is 18.8. The summed E-state index contributed by atoms with van der Waals surface area (Å²) in [4.78, 5) is 0. The van der Waals surface area contributed by atoms with Crippen molar-refractivity contribution in [2.75, 3.05) is 0 Å². The first-order valence-corrected chi connectivity index (χ1v) is 12.9. The summed E-state index contributed by atoms with van der Waals surface area (Å²) in [5.41, 5.74) is 4.08. The molecule has 2 aliphatic rings. The fraction of sp³-hybridized carbons (Fsp3) is 0.586. The molecule has 2 fully saturated rings. The van der Waals surface area contributed by atoms with Crippen molar-refractivity contribution in [3.05, 3.63) is 59.1 Å². The van der Waals surface area contributed by atoms with Gasteiger partial charge in [0.25, 0.3) is 0 Å². The van der Waals surface area contributed by atoms with Crippen molar-refractivity contribution < 1.29 is 0 Å². The molecule has 0 amide bonds. The molecule has 0 nitrogen and oxygen atoms in total. The van der Waals surface area contributed by atoms with Gasteiger partial charge in [-0.05, 0) is 78.2 Å². The van der Waals surface area contributed by atoms with E-state index in [0.29, 0.717) is 0 Å². The van der Waals surface area contributed by atoms with Crippen molar-refractivity contribution in [2.24, 2.45) is 17.8 Å². The molecule has 0 bridgehead atoms. The predicted molar refractivity (Wildman–Crippen MR) is 131 cm³/mol. The molecular formula is C29H39Cl. The van der Waals surface area contributed by atoms with Gasteiger partial charge >= 0.3 is 0 Å². The second kappa shape index (κ2) is 10.9. The lowest BCUT2D eigenvalue weighted by atomic mass is 9.74. The molecule has 0 unspecified atom stereocenters. The number of hydrogen-bond donors (Lipinski definition) is 0. The lowest BCUT2D eigenvalue weighted by Gasteiger charge is -2.32. The molecule has 2 aromatic rings. The molecule has 0 N–H and O–H groups in total. The van der Waals surface area contributed by atoms with E-state index in [0.717, 1.165) is 28.7 Å². The molecule has 0 saturated heterocycles. The zero-order chi connectivity index (χ0) is 20.8. The molecule has 0 heterocycles. The Morgan fingerprint density at radius 1 is 0.600 bits per heavy atom. The van der Waals surface area contributed by atoms with Crippen LogP contribution >= 0.6 is 11.6 Å². The Morgan fingerprint density at radius 3 is 1.53 bits per heavy atom. The molecule has 2 aliphatic carbocycles. The van der Waals surface area contributed by atoms with E-state index < -0.39 is 0 Å². The van der Waals surface area contributed by atoms with Crippen molar-refractivity contribution in [1.82, 2.24) is 0 Å². The number of benzene rings is 2. The van der Waals surface area contributed by atoms with Crippen LogP contribution in [0.2, 0.25) is 5.02 Å². The minimum atomic E-state index is 0.769. The predicted octanol–water partition coefficient (Wildman–Crippen LogP) is 9.67. The maximum Gasteiger partial charge on any atom is 0.0406 e. The number of hydrogen-bond acceptors (Lipinski definition) is 0. The number of rotatable bonds is 7. The minimum Gasteiger partial charge on any atom is -0.0843 e. The second-order valence-corrected chi connectivity index (χ2v) is 10.5. The topological polar surface area (TPSA) is 0 Å². The Balaban J connectivity index is 1.20. The van der Waals surface area contributed by atoms with Gasteiger partial charge in [0.1, 0.15) is 0 Å². The van der Waals surface area contributed by atoms with E-state index in [9.17, 15) is 0 Å². The lowest BCUT2D eigenvalue weighted by molar-refractivity contribution is 0.224. The summed E-state index contributed by atoms with van der Waals surface area (Å²) in [6.45, 7) is 2.34. The third kappa shape index (κ3) is 5.91. The Bertz CT molecular complexity index is 744. The molecule has 4 rings (SSSR count). The van der Waals surface area contributed by atoms with Crippen molar-refractivity contribution >= 4 is 11.6 Å². The SMILES string of the molecule is CCC[C@H]1CC[C@H](CC[C@H]2CC[C@H](c3ccc(-c4ccc(Cl)cc4)cc3)CC2)CC1. The second-order valence-electron chi connectivity index (χ2n) is 10.1. The van der Waals surface area contributed by atoms with E-state index >= 15 is 0 Å². The van der Waals surface area contributed by atoms with Gasteiger partial charge in [0.05, 0.1) is 0 Å². The molecule has 0 atom stereocenters. The van der Waals surface area contributed by atoms with E-state index in [1.54, 1.807) is 5.56 Å². The van der Waals surface area contributed by atoms with Crippen LogP contribution in [0.3, 0.4) is 0 Å². The van der Waals surface area contributed by atoms with Gasteiger partial charge in [-0.3, -0.25) is 0 Å². The Morgan fingerprint density at radius 2 is 1.03 bits per heavy atom. The maximum absolute atomic E-state index is 6.02. The largest absolute Gasteiger partial charge is 0.0843 e. The molecule has 2 saturated carbocycles. The highest BCUT2D eigenvalue weighted by atomic mass is 35.5. The third-order valence-corrected chi connectivity index (χ3v) is 8.30. The summed E-state index contributed by atoms with van der Waals surface area (Å²) in [5.74, 6) is 3.84. The van der Waals surface area contributed by atoms with Gasteiger partial charge < -0.3 is 0 Å². The Hall–Kier alpha value is -1.27. The van der Waals surface area contributed by atoms with Crippen LogP contribution in [0.5, 0.6) is 0 Å². The van der Waals surface area contributed by atoms with E-state index in [1.165, 1.54) is 88.2 Å². The van der Waals surface area contributed by atoms with E-state index in [2.05, 4.69) is 43.3 Å². The first kappa shape index (κ1) is 21.9. The molecule has 30 heavy (non-hydrogen) atoms. The van der Waals surface area contributed by atoms with Crippen molar-refractivity contribution in [3.63, 3.8) is 0 Å². The lowest BCUT2D eigenvalue weighted by Crippen LogP contribution is -2.17. The Kier molecular flexibility index (Phi) is 7.94. The van der Waals surface area contributed by atoms with Crippen LogP contribution in [0, 0.1) is 17.8 Å². The fourth-order valence-electron chi connectivity index (χ4n) is 6.06. The normalized spacial score (nSPS) is 27.1. The van der Waals surface area contributed by atoms with Gasteiger partial charge in [-0.2, -0.15) is 0 Å². The quantitative estimate of drug-likeness (QED) is 0.416. The average Bonchev–Trinajstić information content (AvgIpc) is 2.80. The number of halogens is 1. The molecule has 0 radical (unpaired) electrons. The fourth-order valence-corrected chi connectivity index (χ4v) is 6.19. The van der Waals surface area contributed by atoms with E-state index in [4.69, 9.17) is 11.6 Å². The van der Waals surface area contributed by atoms with Crippen LogP contribution in [0.25, 0.3) is 11.1 Å². The first-order valence-electron chi connectivity index (χ1n) is 12.6. The van der Waals surface area contributed by atoms with Gasteiger partial charge in [-0.15, -0.1) is 0 Å².